The van der Waals surface area contributed by atoms with E-state index in [4.69, 9.17) is 4.74 Å². The number of amides is 2. The van der Waals surface area contributed by atoms with Crippen molar-refractivity contribution in [1.82, 2.24) is 4.90 Å². The molecule has 0 aliphatic carbocycles. The first kappa shape index (κ1) is 20.4. The highest BCUT2D eigenvalue weighted by Gasteiger charge is 2.34. The number of ether oxygens (including phenoxy) is 1. The molecule has 0 unspecified atom stereocenters. The fraction of sp³-hybridized carbons (Fsp3) is 0.200. The van der Waals surface area contributed by atoms with E-state index in [-0.39, 0.29) is 23.8 Å². The third-order valence-electron chi connectivity index (χ3n) is 4.25. The minimum Gasteiger partial charge on any atom is -0.545 e. The van der Waals surface area contributed by atoms with Gasteiger partial charge < -0.3 is 20.0 Å². The van der Waals surface area contributed by atoms with Crippen LogP contribution in [-0.4, -0.2) is 47.3 Å². The van der Waals surface area contributed by atoms with Gasteiger partial charge in [0.25, 0.3) is 0 Å². The molecule has 0 bridgehead atoms. The van der Waals surface area contributed by atoms with Gasteiger partial charge in [-0.2, -0.15) is 0 Å². The summed E-state index contributed by atoms with van der Waals surface area (Å²) in [6.07, 6.45) is 0.0229. The molecule has 1 N–H and O–H groups in total. The lowest BCUT2D eigenvalue weighted by molar-refractivity contribution is -0.255. The number of hydrogen-bond donors (Lipinski definition) is 1. The molecule has 1 aliphatic rings. The maximum absolute atomic E-state index is 12.6. The second kappa shape index (κ2) is 8.78. The molecule has 2 aromatic carbocycles. The first-order valence-corrected chi connectivity index (χ1v) is 9.54. The van der Waals surface area contributed by atoms with E-state index in [0.29, 0.717) is 22.3 Å². The molecule has 0 radical (unpaired) electrons. The van der Waals surface area contributed by atoms with E-state index >= 15 is 0 Å². The van der Waals surface area contributed by atoms with Gasteiger partial charge in [0, 0.05) is 19.2 Å². The minimum absolute atomic E-state index is 0.0121. The molecule has 1 heterocycles. The number of thioether (sulfide) groups is 1. The summed E-state index contributed by atoms with van der Waals surface area (Å²) in [7, 11) is 3.14. The lowest BCUT2D eigenvalue weighted by Crippen LogP contribution is -2.43. The third-order valence-corrected chi connectivity index (χ3v) is 5.49. The number of methoxy groups -OCH3 is 1. The Kier molecular flexibility index (Phi) is 6.18. The summed E-state index contributed by atoms with van der Waals surface area (Å²) < 4.78 is 5.28. The van der Waals surface area contributed by atoms with Gasteiger partial charge in [0.15, 0.2) is 5.17 Å². The summed E-state index contributed by atoms with van der Waals surface area (Å²) in [5, 5.41) is 13.2. The van der Waals surface area contributed by atoms with E-state index in [2.05, 4.69) is 10.3 Å². The molecule has 2 aromatic rings. The Morgan fingerprint density at radius 1 is 1.21 bits per heavy atom. The smallest absolute Gasteiger partial charge is 0.238 e. The molecule has 1 saturated heterocycles. The van der Waals surface area contributed by atoms with Crippen LogP contribution in [0.5, 0.6) is 5.75 Å². The average Bonchev–Trinajstić information content (AvgIpc) is 2.72. The van der Waals surface area contributed by atoms with E-state index in [0.717, 1.165) is 0 Å². The number of carboxylic acid groups (broad SMARTS) is 1. The van der Waals surface area contributed by atoms with Gasteiger partial charge in [0.1, 0.15) is 16.7 Å². The number of carboxylic acids is 1. The topological polar surface area (TPSA) is 111 Å². The third kappa shape index (κ3) is 4.75. The first-order chi connectivity index (χ1) is 13.9. The van der Waals surface area contributed by atoms with Crippen LogP contribution in [0.2, 0.25) is 0 Å². The Balaban J connectivity index is 1.78. The van der Waals surface area contributed by atoms with Crippen molar-refractivity contribution in [3.05, 3.63) is 54.1 Å². The Labute approximate surface area is 171 Å². The minimum atomic E-state index is -1.29. The predicted octanol–water partition coefficient (Wildman–Crippen LogP) is 1.65. The number of aliphatic imine (C=N–C) groups is 1. The van der Waals surface area contributed by atoms with Crippen molar-refractivity contribution in [2.24, 2.45) is 4.99 Å². The van der Waals surface area contributed by atoms with Crippen LogP contribution in [0, 0.1) is 0 Å². The van der Waals surface area contributed by atoms with E-state index in [1.54, 1.807) is 25.2 Å². The van der Waals surface area contributed by atoms with Crippen molar-refractivity contribution in [3.63, 3.8) is 0 Å². The number of carbonyl (C=O) groups is 3. The Morgan fingerprint density at radius 3 is 2.55 bits per heavy atom. The lowest BCUT2D eigenvalue weighted by Gasteiger charge is -2.29. The van der Waals surface area contributed by atoms with Crippen molar-refractivity contribution >= 4 is 46.1 Å². The SMILES string of the molecule is COc1ccccc1N=C1S[C@@H](C(=O)Nc2ccc(C(=O)[O-])cc2)CC(=O)N1C. The summed E-state index contributed by atoms with van der Waals surface area (Å²) >= 11 is 1.18. The number of nitrogens with one attached hydrogen (secondary N) is 1. The van der Waals surface area contributed by atoms with Crippen LogP contribution in [0.3, 0.4) is 0 Å². The number of aromatic carboxylic acids is 1. The second-order valence-electron chi connectivity index (χ2n) is 6.18. The monoisotopic (exact) mass is 412 g/mol. The van der Waals surface area contributed by atoms with Crippen molar-refractivity contribution < 1.29 is 24.2 Å². The van der Waals surface area contributed by atoms with Crippen LogP contribution in [0.15, 0.2) is 53.5 Å². The van der Waals surface area contributed by atoms with Crippen LogP contribution >= 0.6 is 11.8 Å². The lowest BCUT2D eigenvalue weighted by atomic mass is 10.2. The molecule has 0 saturated carbocycles. The van der Waals surface area contributed by atoms with Crippen LogP contribution < -0.4 is 15.2 Å². The zero-order valence-electron chi connectivity index (χ0n) is 15.7. The molecule has 29 heavy (non-hydrogen) atoms. The normalized spacial score (nSPS) is 17.9. The highest BCUT2D eigenvalue weighted by molar-refractivity contribution is 8.15. The zero-order chi connectivity index (χ0) is 21.0. The van der Waals surface area contributed by atoms with Crippen LogP contribution in [0.1, 0.15) is 16.8 Å². The van der Waals surface area contributed by atoms with Gasteiger partial charge in [-0.25, -0.2) is 4.99 Å². The van der Waals surface area contributed by atoms with Gasteiger partial charge in [-0.3, -0.25) is 14.5 Å². The van der Waals surface area contributed by atoms with Gasteiger partial charge in [0.2, 0.25) is 11.8 Å². The van der Waals surface area contributed by atoms with Gasteiger partial charge in [-0.05, 0) is 29.8 Å². The number of rotatable bonds is 5. The quantitative estimate of drug-likeness (QED) is 0.799. The summed E-state index contributed by atoms with van der Waals surface area (Å²) in [5.74, 6) is -1.34. The predicted molar refractivity (Wildman–Crippen MR) is 108 cm³/mol. The molecule has 2 amide bonds. The van der Waals surface area contributed by atoms with Crippen molar-refractivity contribution in [3.8, 4) is 5.75 Å². The molecule has 0 aromatic heterocycles. The standard InChI is InChI=1S/C20H19N3O5S/c1-23-17(24)11-16(18(25)21-13-9-7-12(8-10-13)19(26)27)29-20(23)22-14-5-3-4-6-15(14)28-2/h3-10,16H,11H2,1-2H3,(H,21,25)(H,26,27)/p-1/t16-/m1/s1. The number of benzene rings is 2. The first-order valence-electron chi connectivity index (χ1n) is 8.66. The summed E-state index contributed by atoms with van der Waals surface area (Å²) in [6, 6.07) is 12.7. The summed E-state index contributed by atoms with van der Waals surface area (Å²) in [4.78, 5) is 41.8. The van der Waals surface area contributed by atoms with Crippen LogP contribution in [0.4, 0.5) is 11.4 Å². The molecule has 1 atom stereocenters. The van der Waals surface area contributed by atoms with Gasteiger partial charge in [0.05, 0.1) is 13.1 Å². The van der Waals surface area contributed by atoms with Crippen molar-refractivity contribution in [2.45, 2.75) is 11.7 Å². The van der Waals surface area contributed by atoms with E-state index in [9.17, 15) is 19.5 Å². The zero-order valence-corrected chi connectivity index (χ0v) is 16.6. The molecular formula is C20H18N3O5S-. The number of carbonyl (C=O) groups excluding carboxylic acids is 3. The maximum atomic E-state index is 12.6. The number of amidine groups is 1. The maximum Gasteiger partial charge on any atom is 0.238 e. The fourth-order valence-electron chi connectivity index (χ4n) is 2.64. The highest BCUT2D eigenvalue weighted by atomic mass is 32.2. The molecule has 150 valence electrons. The number of anilines is 1. The molecule has 1 fully saturated rings. The fourth-order valence-corrected chi connectivity index (χ4v) is 3.69. The summed E-state index contributed by atoms with van der Waals surface area (Å²) in [5.41, 5.74) is 0.990. The van der Waals surface area contributed by atoms with Crippen LogP contribution in [-0.2, 0) is 9.59 Å². The number of para-hydroxylation sites is 2. The van der Waals surface area contributed by atoms with Crippen LogP contribution in [0.25, 0.3) is 0 Å². The largest absolute Gasteiger partial charge is 0.545 e. The van der Waals surface area contributed by atoms with Gasteiger partial charge >= 0.3 is 0 Å². The molecule has 1 aliphatic heterocycles. The second-order valence-corrected chi connectivity index (χ2v) is 7.35. The van der Waals surface area contributed by atoms with Crippen molar-refractivity contribution in [2.75, 3.05) is 19.5 Å². The van der Waals surface area contributed by atoms with E-state index in [1.165, 1.54) is 48.0 Å². The highest BCUT2D eigenvalue weighted by Crippen LogP contribution is 2.32. The molecule has 3 rings (SSSR count). The van der Waals surface area contributed by atoms with E-state index in [1.807, 2.05) is 6.07 Å². The summed E-state index contributed by atoms with van der Waals surface area (Å²) in [6.45, 7) is 0. The van der Waals surface area contributed by atoms with E-state index < -0.39 is 11.2 Å². The van der Waals surface area contributed by atoms with Crippen molar-refractivity contribution in [1.29, 1.82) is 0 Å². The Hall–Kier alpha value is -3.33. The average molecular weight is 412 g/mol. The molecule has 9 heteroatoms. The number of hydrogen-bond acceptors (Lipinski definition) is 7. The molecule has 8 nitrogen and oxygen atoms in total. The number of nitrogens with zero attached hydrogens (tertiary/aromatic N) is 2. The Bertz CT molecular complexity index is 974. The Morgan fingerprint density at radius 2 is 1.90 bits per heavy atom. The van der Waals surface area contributed by atoms with Gasteiger partial charge in [-0.15, -0.1) is 0 Å². The molecule has 0 spiro atoms. The molecular weight excluding hydrogens is 394 g/mol. The van der Waals surface area contributed by atoms with Gasteiger partial charge in [-0.1, -0.05) is 36.0 Å².